The van der Waals surface area contributed by atoms with Gasteiger partial charge in [-0.3, -0.25) is 4.98 Å². The Kier molecular flexibility index (Phi) is 4.51. The molecule has 0 aliphatic carbocycles. The highest BCUT2D eigenvalue weighted by Gasteiger charge is 2.06. The highest BCUT2D eigenvalue weighted by molar-refractivity contribution is 5.03. The molecule has 18 heavy (non-hydrogen) atoms. The molecule has 0 aromatic carbocycles. The van der Waals surface area contributed by atoms with Crippen molar-refractivity contribution in [1.82, 2.24) is 14.5 Å². The molecule has 0 saturated carbocycles. The summed E-state index contributed by atoms with van der Waals surface area (Å²) in [6, 6.07) is 6.11. The van der Waals surface area contributed by atoms with Crippen LogP contribution in [0.4, 0.5) is 0 Å². The van der Waals surface area contributed by atoms with Crippen molar-refractivity contribution in [3.05, 3.63) is 48.3 Å². The van der Waals surface area contributed by atoms with Gasteiger partial charge in [-0.2, -0.15) is 0 Å². The SMILES string of the molecule is CC(C)c1nccn1CCCCc1ccccn1. The predicted molar refractivity (Wildman–Crippen MR) is 73.5 cm³/mol. The van der Waals surface area contributed by atoms with Gasteiger partial charge in [-0.05, 0) is 31.4 Å². The van der Waals surface area contributed by atoms with Crippen LogP contribution < -0.4 is 0 Å². The summed E-state index contributed by atoms with van der Waals surface area (Å²) in [5.41, 5.74) is 1.19. The first-order chi connectivity index (χ1) is 8.77. The Morgan fingerprint density at radius 2 is 2.00 bits per heavy atom. The maximum Gasteiger partial charge on any atom is 0.111 e. The van der Waals surface area contributed by atoms with Gasteiger partial charge in [0.2, 0.25) is 0 Å². The predicted octanol–water partition coefficient (Wildman–Crippen LogP) is 3.42. The summed E-state index contributed by atoms with van der Waals surface area (Å²) in [4.78, 5) is 8.74. The fourth-order valence-corrected chi connectivity index (χ4v) is 2.14. The molecule has 2 rings (SSSR count). The Labute approximate surface area is 109 Å². The zero-order valence-electron chi connectivity index (χ0n) is 11.2. The largest absolute Gasteiger partial charge is 0.335 e. The van der Waals surface area contributed by atoms with Crippen LogP contribution in [0.15, 0.2) is 36.8 Å². The summed E-state index contributed by atoms with van der Waals surface area (Å²) in [5.74, 6) is 1.68. The van der Waals surface area contributed by atoms with Crippen LogP contribution in [0, 0.1) is 0 Å². The van der Waals surface area contributed by atoms with Gasteiger partial charge in [-0.15, -0.1) is 0 Å². The van der Waals surface area contributed by atoms with E-state index in [4.69, 9.17) is 0 Å². The second-order valence-electron chi connectivity index (χ2n) is 4.91. The van der Waals surface area contributed by atoms with Gasteiger partial charge in [0.15, 0.2) is 0 Å². The first-order valence-electron chi connectivity index (χ1n) is 6.68. The van der Waals surface area contributed by atoms with Crippen molar-refractivity contribution in [3.8, 4) is 0 Å². The van der Waals surface area contributed by atoms with E-state index in [1.807, 2.05) is 18.5 Å². The van der Waals surface area contributed by atoms with Gasteiger partial charge in [0, 0.05) is 36.7 Å². The summed E-state index contributed by atoms with van der Waals surface area (Å²) in [6.07, 6.45) is 9.25. The van der Waals surface area contributed by atoms with Crippen LogP contribution >= 0.6 is 0 Å². The molecule has 3 heteroatoms. The fourth-order valence-electron chi connectivity index (χ4n) is 2.14. The van der Waals surface area contributed by atoms with Gasteiger partial charge in [0.1, 0.15) is 5.82 Å². The molecule has 0 spiro atoms. The monoisotopic (exact) mass is 243 g/mol. The Bertz CT molecular complexity index is 460. The lowest BCUT2D eigenvalue weighted by molar-refractivity contribution is 0.567. The molecule has 0 aliphatic rings. The Morgan fingerprint density at radius 1 is 1.11 bits per heavy atom. The first-order valence-corrected chi connectivity index (χ1v) is 6.68. The number of imidazole rings is 1. The number of pyridine rings is 1. The summed E-state index contributed by atoms with van der Waals surface area (Å²) in [7, 11) is 0. The summed E-state index contributed by atoms with van der Waals surface area (Å²) < 4.78 is 2.27. The molecule has 0 amide bonds. The average Bonchev–Trinajstić information content (AvgIpc) is 2.84. The van der Waals surface area contributed by atoms with Gasteiger partial charge in [0.25, 0.3) is 0 Å². The summed E-state index contributed by atoms with van der Waals surface area (Å²) in [6.45, 7) is 5.43. The number of rotatable bonds is 6. The Morgan fingerprint density at radius 3 is 2.72 bits per heavy atom. The van der Waals surface area contributed by atoms with Crippen molar-refractivity contribution >= 4 is 0 Å². The van der Waals surface area contributed by atoms with Crippen LogP contribution in [0.1, 0.15) is 44.1 Å². The molecule has 0 bridgehead atoms. The maximum atomic E-state index is 4.40. The van der Waals surface area contributed by atoms with E-state index in [0.717, 1.165) is 13.0 Å². The van der Waals surface area contributed by atoms with E-state index in [1.165, 1.54) is 24.4 Å². The molecule has 0 N–H and O–H groups in total. The first kappa shape index (κ1) is 12.8. The number of hydrogen-bond acceptors (Lipinski definition) is 2. The standard InChI is InChI=1S/C15H21N3/c1-13(2)15-17-10-12-18(15)11-6-4-8-14-7-3-5-9-16-14/h3,5,7,9-10,12-13H,4,6,8,11H2,1-2H3. The van der Waals surface area contributed by atoms with Crippen molar-refractivity contribution in [3.63, 3.8) is 0 Å². The minimum Gasteiger partial charge on any atom is -0.335 e. The van der Waals surface area contributed by atoms with Gasteiger partial charge >= 0.3 is 0 Å². The molecular formula is C15H21N3. The Hall–Kier alpha value is -1.64. The van der Waals surface area contributed by atoms with Crippen LogP contribution in [0.2, 0.25) is 0 Å². The lowest BCUT2D eigenvalue weighted by atomic mass is 10.1. The summed E-state index contributed by atoms with van der Waals surface area (Å²) in [5, 5.41) is 0. The molecule has 0 aliphatic heterocycles. The molecule has 2 aromatic heterocycles. The van der Waals surface area contributed by atoms with Crippen LogP contribution in [0.3, 0.4) is 0 Å². The van der Waals surface area contributed by atoms with Crippen LogP contribution in [0.5, 0.6) is 0 Å². The van der Waals surface area contributed by atoms with E-state index >= 15 is 0 Å². The van der Waals surface area contributed by atoms with Crippen molar-refractivity contribution in [2.45, 2.75) is 45.6 Å². The number of aromatic nitrogens is 3. The van der Waals surface area contributed by atoms with Crippen molar-refractivity contribution in [2.24, 2.45) is 0 Å². The number of aryl methyl sites for hydroxylation is 2. The molecule has 0 saturated heterocycles. The van der Waals surface area contributed by atoms with E-state index in [9.17, 15) is 0 Å². The number of unbranched alkanes of at least 4 members (excludes halogenated alkanes) is 1. The average molecular weight is 243 g/mol. The third-order valence-electron chi connectivity index (χ3n) is 3.07. The van der Waals surface area contributed by atoms with Crippen molar-refractivity contribution in [1.29, 1.82) is 0 Å². The van der Waals surface area contributed by atoms with Gasteiger partial charge in [0.05, 0.1) is 0 Å². The number of nitrogens with zero attached hydrogens (tertiary/aromatic N) is 3. The second-order valence-corrected chi connectivity index (χ2v) is 4.91. The van der Waals surface area contributed by atoms with E-state index in [2.05, 4.69) is 46.7 Å². The minimum absolute atomic E-state index is 0.496. The topological polar surface area (TPSA) is 30.7 Å². The minimum atomic E-state index is 0.496. The van der Waals surface area contributed by atoms with E-state index in [0.29, 0.717) is 5.92 Å². The zero-order valence-corrected chi connectivity index (χ0v) is 11.2. The molecule has 2 aromatic rings. The molecule has 0 fully saturated rings. The van der Waals surface area contributed by atoms with Crippen molar-refractivity contribution in [2.75, 3.05) is 0 Å². The van der Waals surface area contributed by atoms with Gasteiger partial charge in [-0.1, -0.05) is 19.9 Å². The molecule has 2 heterocycles. The Balaban J connectivity index is 1.77. The van der Waals surface area contributed by atoms with Crippen LogP contribution in [-0.4, -0.2) is 14.5 Å². The van der Waals surface area contributed by atoms with Gasteiger partial charge < -0.3 is 4.57 Å². The molecule has 0 radical (unpaired) electrons. The second kappa shape index (κ2) is 6.34. The smallest absolute Gasteiger partial charge is 0.111 e. The molecule has 0 atom stereocenters. The van der Waals surface area contributed by atoms with E-state index in [1.54, 1.807) is 0 Å². The fraction of sp³-hybridized carbons (Fsp3) is 0.467. The quantitative estimate of drug-likeness (QED) is 0.728. The highest BCUT2D eigenvalue weighted by Crippen LogP contribution is 2.13. The normalized spacial score (nSPS) is 11.1. The lowest BCUT2D eigenvalue weighted by Gasteiger charge is -2.09. The van der Waals surface area contributed by atoms with Crippen LogP contribution in [0.25, 0.3) is 0 Å². The van der Waals surface area contributed by atoms with Gasteiger partial charge in [-0.25, -0.2) is 4.98 Å². The lowest BCUT2D eigenvalue weighted by Crippen LogP contribution is -2.05. The molecule has 3 nitrogen and oxygen atoms in total. The maximum absolute atomic E-state index is 4.40. The van der Waals surface area contributed by atoms with E-state index < -0.39 is 0 Å². The zero-order chi connectivity index (χ0) is 12.8. The van der Waals surface area contributed by atoms with E-state index in [-0.39, 0.29) is 0 Å². The number of hydrogen-bond donors (Lipinski definition) is 0. The summed E-state index contributed by atoms with van der Waals surface area (Å²) >= 11 is 0. The highest BCUT2D eigenvalue weighted by atomic mass is 15.1. The van der Waals surface area contributed by atoms with Crippen LogP contribution in [-0.2, 0) is 13.0 Å². The molecular weight excluding hydrogens is 222 g/mol. The molecule has 96 valence electrons. The van der Waals surface area contributed by atoms with Crippen molar-refractivity contribution < 1.29 is 0 Å². The third kappa shape index (κ3) is 3.42. The third-order valence-corrected chi connectivity index (χ3v) is 3.07. The molecule has 0 unspecified atom stereocenters.